The van der Waals surface area contributed by atoms with Gasteiger partial charge in [0, 0.05) is 49.5 Å². The maximum Gasteiger partial charge on any atom is 0.222 e. The molecule has 1 rings (SSSR count). The van der Waals surface area contributed by atoms with Crippen molar-refractivity contribution in [2.24, 2.45) is 0 Å². The largest absolute Gasteiger partial charge is 0.353 e. The topological polar surface area (TPSA) is 123 Å². The maximum atomic E-state index is 12.9. The smallest absolute Gasteiger partial charge is 0.222 e. The molecule has 3 amide bonds. The Morgan fingerprint density at radius 2 is 0.919 bits per heavy atom. The van der Waals surface area contributed by atoms with Gasteiger partial charge in [-0.05, 0) is 65.2 Å². The predicted octanol–water partition coefficient (Wildman–Crippen LogP) is 2.35. The highest BCUT2D eigenvalue weighted by molar-refractivity contribution is 5.83. The Kier molecular flexibility index (Phi) is 18.3. The molecule has 0 radical (unpaired) electrons. The summed E-state index contributed by atoms with van der Waals surface area (Å²) in [6.07, 6.45) is 8.89. The second kappa shape index (κ2) is 20.3. The van der Waals surface area contributed by atoms with Crippen molar-refractivity contribution < 1.29 is 14.4 Å². The summed E-state index contributed by atoms with van der Waals surface area (Å²) in [4.78, 5) is 38.7. The SMILES string of the molecule is CNCCCCC1CC(=O)NC(CCCCNC(C)C)CC(=O)NC(CCCCNC(C)C)CC(=O)N1. The van der Waals surface area contributed by atoms with Crippen LogP contribution in [0.25, 0.3) is 0 Å². The number of carbonyl (C=O) groups is 3. The van der Waals surface area contributed by atoms with Gasteiger partial charge in [-0.3, -0.25) is 14.4 Å². The zero-order valence-corrected chi connectivity index (χ0v) is 24.2. The fraction of sp³-hybridized carbons (Fsp3) is 0.893. The fourth-order valence-electron chi connectivity index (χ4n) is 4.71. The molecule has 0 spiro atoms. The van der Waals surface area contributed by atoms with Crippen molar-refractivity contribution >= 4 is 17.7 Å². The molecule has 0 aromatic heterocycles. The summed E-state index contributed by atoms with van der Waals surface area (Å²) < 4.78 is 0. The predicted molar refractivity (Wildman–Crippen MR) is 151 cm³/mol. The molecule has 9 heteroatoms. The monoisotopic (exact) mass is 524 g/mol. The Morgan fingerprint density at radius 3 is 1.22 bits per heavy atom. The van der Waals surface area contributed by atoms with Crippen molar-refractivity contribution in [1.29, 1.82) is 0 Å². The highest BCUT2D eigenvalue weighted by Gasteiger charge is 2.25. The number of unbranched alkanes of at least 4 members (excludes halogenated alkanes) is 3. The van der Waals surface area contributed by atoms with Crippen LogP contribution in [0.5, 0.6) is 0 Å². The van der Waals surface area contributed by atoms with Crippen LogP contribution in [0.3, 0.4) is 0 Å². The molecule has 0 aromatic carbocycles. The van der Waals surface area contributed by atoms with E-state index in [1.165, 1.54) is 0 Å². The first-order valence-corrected chi connectivity index (χ1v) is 14.7. The van der Waals surface area contributed by atoms with Crippen molar-refractivity contribution in [2.45, 2.75) is 135 Å². The number of hydrogen-bond donors (Lipinski definition) is 6. The molecular formula is C28H56N6O3. The zero-order valence-electron chi connectivity index (χ0n) is 24.2. The Labute approximate surface area is 225 Å². The number of amides is 3. The third kappa shape index (κ3) is 18.2. The summed E-state index contributed by atoms with van der Waals surface area (Å²) >= 11 is 0. The molecule has 3 unspecified atom stereocenters. The van der Waals surface area contributed by atoms with Gasteiger partial charge in [0.15, 0.2) is 0 Å². The highest BCUT2D eigenvalue weighted by Crippen LogP contribution is 2.13. The number of nitrogens with one attached hydrogen (secondary N) is 6. The lowest BCUT2D eigenvalue weighted by Gasteiger charge is -2.26. The molecule has 6 N–H and O–H groups in total. The number of rotatable bonds is 17. The van der Waals surface area contributed by atoms with E-state index in [2.05, 4.69) is 59.6 Å². The van der Waals surface area contributed by atoms with E-state index in [1.807, 2.05) is 7.05 Å². The van der Waals surface area contributed by atoms with Crippen LogP contribution in [-0.4, -0.2) is 74.6 Å². The van der Waals surface area contributed by atoms with E-state index in [-0.39, 0.29) is 55.1 Å². The summed E-state index contributed by atoms with van der Waals surface area (Å²) in [7, 11) is 1.93. The minimum Gasteiger partial charge on any atom is -0.353 e. The fourth-order valence-corrected chi connectivity index (χ4v) is 4.71. The van der Waals surface area contributed by atoms with Crippen LogP contribution in [0.15, 0.2) is 0 Å². The molecule has 0 aliphatic carbocycles. The average molecular weight is 525 g/mol. The van der Waals surface area contributed by atoms with Gasteiger partial charge in [0.05, 0.1) is 0 Å². The summed E-state index contributed by atoms with van der Waals surface area (Å²) in [5.41, 5.74) is 0. The van der Waals surface area contributed by atoms with Crippen molar-refractivity contribution in [2.75, 3.05) is 26.7 Å². The van der Waals surface area contributed by atoms with Gasteiger partial charge in [-0.1, -0.05) is 47.0 Å². The summed E-state index contributed by atoms with van der Waals surface area (Å²) in [5.74, 6) is -0.272. The zero-order chi connectivity index (χ0) is 27.5. The van der Waals surface area contributed by atoms with Crippen molar-refractivity contribution in [3.63, 3.8) is 0 Å². The Bertz CT molecular complexity index is 597. The van der Waals surface area contributed by atoms with Crippen LogP contribution in [0.1, 0.15) is 105 Å². The van der Waals surface area contributed by atoms with E-state index >= 15 is 0 Å². The van der Waals surface area contributed by atoms with Gasteiger partial charge in [0.2, 0.25) is 17.7 Å². The molecule has 1 aliphatic heterocycles. The lowest BCUT2D eigenvalue weighted by atomic mass is 10.00. The summed E-state index contributed by atoms with van der Waals surface area (Å²) in [6.45, 7) is 11.3. The van der Waals surface area contributed by atoms with Crippen molar-refractivity contribution in [3.05, 3.63) is 0 Å². The van der Waals surface area contributed by atoms with Crippen LogP contribution in [0.4, 0.5) is 0 Å². The van der Waals surface area contributed by atoms with Crippen LogP contribution in [0, 0.1) is 0 Å². The third-order valence-corrected chi connectivity index (χ3v) is 6.68. The normalized spacial score (nSPS) is 21.8. The maximum absolute atomic E-state index is 12.9. The minimum absolute atomic E-state index is 0.0899. The molecule has 3 atom stereocenters. The van der Waals surface area contributed by atoms with Crippen molar-refractivity contribution in [1.82, 2.24) is 31.9 Å². The number of hydrogen-bond acceptors (Lipinski definition) is 6. The molecule has 9 nitrogen and oxygen atoms in total. The van der Waals surface area contributed by atoms with E-state index < -0.39 is 0 Å². The lowest BCUT2D eigenvalue weighted by molar-refractivity contribution is -0.126. The van der Waals surface area contributed by atoms with Gasteiger partial charge < -0.3 is 31.9 Å². The molecule has 1 heterocycles. The Hall–Kier alpha value is -1.71. The molecule has 37 heavy (non-hydrogen) atoms. The first-order valence-electron chi connectivity index (χ1n) is 14.7. The van der Waals surface area contributed by atoms with Gasteiger partial charge in [0.1, 0.15) is 0 Å². The van der Waals surface area contributed by atoms with Gasteiger partial charge in [-0.25, -0.2) is 0 Å². The van der Waals surface area contributed by atoms with Gasteiger partial charge >= 0.3 is 0 Å². The van der Waals surface area contributed by atoms with Crippen molar-refractivity contribution in [3.8, 4) is 0 Å². The summed E-state index contributed by atoms with van der Waals surface area (Å²) in [6, 6.07) is 0.326. The summed E-state index contributed by atoms with van der Waals surface area (Å²) in [5, 5.41) is 19.3. The average Bonchev–Trinajstić information content (AvgIpc) is 2.79. The van der Waals surface area contributed by atoms with Crippen LogP contribution < -0.4 is 31.9 Å². The van der Waals surface area contributed by atoms with E-state index in [1.54, 1.807) is 0 Å². The first kappa shape index (κ1) is 33.3. The first-order chi connectivity index (χ1) is 17.7. The minimum atomic E-state index is -0.192. The van der Waals surface area contributed by atoms with Crippen LogP contribution in [-0.2, 0) is 14.4 Å². The molecule has 1 aliphatic rings. The van der Waals surface area contributed by atoms with Crippen LogP contribution >= 0.6 is 0 Å². The molecule has 216 valence electrons. The molecule has 1 saturated heterocycles. The molecule has 1 fully saturated rings. The quantitative estimate of drug-likeness (QED) is 0.162. The number of carbonyl (C=O) groups excluding carboxylic acids is 3. The molecule has 0 bridgehead atoms. The van der Waals surface area contributed by atoms with Gasteiger partial charge in [0.25, 0.3) is 0 Å². The Morgan fingerprint density at radius 1 is 0.595 bits per heavy atom. The molecule has 0 aromatic rings. The second-order valence-corrected chi connectivity index (χ2v) is 11.2. The van der Waals surface area contributed by atoms with E-state index in [4.69, 9.17) is 0 Å². The third-order valence-electron chi connectivity index (χ3n) is 6.68. The molecular weight excluding hydrogens is 468 g/mol. The van der Waals surface area contributed by atoms with Gasteiger partial charge in [-0.2, -0.15) is 0 Å². The van der Waals surface area contributed by atoms with Crippen LogP contribution in [0.2, 0.25) is 0 Å². The van der Waals surface area contributed by atoms with Gasteiger partial charge in [-0.15, -0.1) is 0 Å². The van der Waals surface area contributed by atoms with E-state index in [0.717, 1.165) is 77.4 Å². The standard InChI is InChI=1S/C28H56N6O3/c1-21(2)30-16-10-7-13-24-19-27(36)32-23(12-6-9-15-29-5)18-26(35)33-25(20-28(37)34-24)14-8-11-17-31-22(3)4/h21-25,29-31H,6-20H2,1-5H3,(H,32,36)(H,33,35)(H,34,37). The second-order valence-electron chi connectivity index (χ2n) is 11.2. The highest BCUT2D eigenvalue weighted by atomic mass is 16.2. The lowest BCUT2D eigenvalue weighted by Crippen LogP contribution is -2.48. The Balaban J connectivity index is 2.81. The van der Waals surface area contributed by atoms with E-state index in [9.17, 15) is 14.4 Å². The molecule has 0 saturated carbocycles. The van der Waals surface area contributed by atoms with E-state index in [0.29, 0.717) is 12.1 Å².